The van der Waals surface area contributed by atoms with Crippen molar-refractivity contribution in [1.29, 1.82) is 0 Å². The third kappa shape index (κ3) is 2.40. The zero-order valence-electron chi connectivity index (χ0n) is 9.08. The first-order chi connectivity index (χ1) is 7.65. The topological polar surface area (TPSA) is 84.9 Å². The molecule has 0 saturated carbocycles. The summed E-state index contributed by atoms with van der Waals surface area (Å²) < 4.78 is 4.99. The van der Waals surface area contributed by atoms with Gasteiger partial charge in [0.1, 0.15) is 11.5 Å². The number of aliphatic hydroxyl groups is 1. The van der Waals surface area contributed by atoms with E-state index in [4.69, 9.17) is 4.52 Å². The summed E-state index contributed by atoms with van der Waals surface area (Å²) in [5.74, 6) is 1.47. The Morgan fingerprint density at radius 1 is 1.44 bits per heavy atom. The van der Waals surface area contributed by atoms with E-state index in [9.17, 15) is 5.11 Å². The smallest absolute Gasteiger partial charge is 0.229 e. The van der Waals surface area contributed by atoms with Crippen LogP contribution in [0.15, 0.2) is 16.8 Å². The van der Waals surface area contributed by atoms with E-state index in [-0.39, 0.29) is 0 Å². The minimum absolute atomic E-state index is 0.344. The first-order valence-corrected chi connectivity index (χ1v) is 4.96. The molecule has 2 aromatic heterocycles. The Balaban J connectivity index is 2.24. The van der Waals surface area contributed by atoms with Crippen molar-refractivity contribution in [3.05, 3.63) is 24.0 Å². The Kier molecular flexibility index (Phi) is 2.91. The molecule has 2 heterocycles. The third-order valence-electron chi connectivity index (χ3n) is 1.94. The molecule has 0 spiro atoms. The molecule has 0 aliphatic carbocycles. The van der Waals surface area contributed by atoms with Crippen LogP contribution in [0, 0.1) is 6.92 Å². The van der Waals surface area contributed by atoms with Gasteiger partial charge in [0.05, 0.1) is 12.5 Å². The second-order valence-corrected chi connectivity index (χ2v) is 3.55. The average molecular weight is 220 g/mol. The number of rotatable bonds is 3. The molecule has 0 aliphatic rings. The van der Waals surface area contributed by atoms with Crippen LogP contribution in [-0.4, -0.2) is 31.3 Å². The van der Waals surface area contributed by atoms with Crippen LogP contribution in [0.4, 0.5) is 0 Å². The molecule has 0 amide bonds. The molecule has 6 heteroatoms. The molecule has 6 nitrogen and oxygen atoms in total. The highest BCUT2D eigenvalue weighted by atomic mass is 16.5. The Morgan fingerprint density at radius 3 is 2.94 bits per heavy atom. The first kappa shape index (κ1) is 10.7. The number of nitrogens with zero attached hydrogens (tertiary/aromatic N) is 4. The molecule has 2 aromatic rings. The lowest BCUT2D eigenvalue weighted by Crippen LogP contribution is -2.04. The SMILES string of the molecule is Cc1nccc(-c2noc(CC(C)O)n2)n1. The molecular formula is C10H12N4O2. The Bertz CT molecular complexity index is 481. The van der Waals surface area contributed by atoms with Gasteiger partial charge in [-0.25, -0.2) is 9.97 Å². The van der Waals surface area contributed by atoms with Crippen LogP contribution in [0.25, 0.3) is 11.5 Å². The number of aromatic nitrogens is 4. The average Bonchev–Trinajstić information content (AvgIpc) is 2.65. The van der Waals surface area contributed by atoms with E-state index in [1.807, 2.05) is 0 Å². The summed E-state index contributed by atoms with van der Waals surface area (Å²) in [5, 5.41) is 13.0. The molecule has 0 saturated heterocycles. The van der Waals surface area contributed by atoms with E-state index in [1.54, 1.807) is 26.1 Å². The molecule has 1 N–H and O–H groups in total. The van der Waals surface area contributed by atoms with E-state index in [2.05, 4.69) is 20.1 Å². The van der Waals surface area contributed by atoms with Crippen molar-refractivity contribution in [2.45, 2.75) is 26.4 Å². The molecule has 1 unspecified atom stereocenters. The molecule has 84 valence electrons. The van der Waals surface area contributed by atoms with E-state index >= 15 is 0 Å². The standard InChI is InChI=1S/C10H12N4O2/c1-6(15)5-9-13-10(14-16-9)8-3-4-11-7(2)12-8/h3-4,6,15H,5H2,1-2H3. The number of aryl methyl sites for hydroxylation is 1. The minimum atomic E-state index is -0.500. The van der Waals surface area contributed by atoms with Crippen molar-refractivity contribution in [1.82, 2.24) is 20.1 Å². The lowest BCUT2D eigenvalue weighted by molar-refractivity contribution is 0.181. The molecule has 0 radical (unpaired) electrons. The fourth-order valence-electron chi connectivity index (χ4n) is 1.28. The van der Waals surface area contributed by atoms with Crippen LogP contribution in [0.2, 0.25) is 0 Å². The van der Waals surface area contributed by atoms with Crippen molar-refractivity contribution < 1.29 is 9.63 Å². The van der Waals surface area contributed by atoms with Gasteiger partial charge in [-0.3, -0.25) is 0 Å². The highest BCUT2D eigenvalue weighted by Crippen LogP contribution is 2.12. The number of hydrogen-bond acceptors (Lipinski definition) is 6. The molecule has 16 heavy (non-hydrogen) atoms. The summed E-state index contributed by atoms with van der Waals surface area (Å²) in [4.78, 5) is 12.3. The monoisotopic (exact) mass is 220 g/mol. The van der Waals surface area contributed by atoms with Crippen LogP contribution < -0.4 is 0 Å². The van der Waals surface area contributed by atoms with Crippen molar-refractivity contribution >= 4 is 0 Å². The van der Waals surface area contributed by atoms with Gasteiger partial charge in [0.25, 0.3) is 0 Å². The minimum Gasteiger partial charge on any atom is -0.393 e. The van der Waals surface area contributed by atoms with Crippen LogP contribution in [0.1, 0.15) is 18.6 Å². The maximum Gasteiger partial charge on any atom is 0.229 e. The number of aliphatic hydroxyl groups excluding tert-OH is 1. The lowest BCUT2D eigenvalue weighted by Gasteiger charge is -1.96. The lowest BCUT2D eigenvalue weighted by atomic mass is 10.3. The van der Waals surface area contributed by atoms with Crippen molar-refractivity contribution in [2.75, 3.05) is 0 Å². The zero-order chi connectivity index (χ0) is 11.5. The Morgan fingerprint density at radius 2 is 2.25 bits per heavy atom. The van der Waals surface area contributed by atoms with Crippen molar-refractivity contribution in [3.8, 4) is 11.5 Å². The van der Waals surface area contributed by atoms with Crippen LogP contribution >= 0.6 is 0 Å². The van der Waals surface area contributed by atoms with Crippen molar-refractivity contribution in [3.63, 3.8) is 0 Å². The molecular weight excluding hydrogens is 208 g/mol. The van der Waals surface area contributed by atoms with Gasteiger partial charge < -0.3 is 9.63 Å². The molecule has 0 aromatic carbocycles. The Labute approximate surface area is 92.4 Å². The normalized spacial score (nSPS) is 12.7. The van der Waals surface area contributed by atoms with Gasteiger partial charge in [0, 0.05) is 6.20 Å². The van der Waals surface area contributed by atoms with E-state index < -0.39 is 6.10 Å². The molecule has 2 rings (SSSR count). The van der Waals surface area contributed by atoms with Gasteiger partial charge in [-0.15, -0.1) is 0 Å². The summed E-state index contributed by atoms with van der Waals surface area (Å²) in [6.07, 6.45) is 1.49. The highest BCUT2D eigenvalue weighted by Gasteiger charge is 2.11. The molecule has 0 aliphatic heterocycles. The summed E-state index contributed by atoms with van der Waals surface area (Å²) in [6.45, 7) is 3.46. The molecule has 1 atom stereocenters. The van der Waals surface area contributed by atoms with Gasteiger partial charge in [0.2, 0.25) is 11.7 Å². The van der Waals surface area contributed by atoms with E-state index in [1.165, 1.54) is 0 Å². The Hall–Kier alpha value is -1.82. The van der Waals surface area contributed by atoms with Crippen LogP contribution in [0.5, 0.6) is 0 Å². The highest BCUT2D eigenvalue weighted by molar-refractivity contribution is 5.46. The van der Waals surface area contributed by atoms with Gasteiger partial charge in [0.15, 0.2) is 0 Å². The van der Waals surface area contributed by atoms with Gasteiger partial charge in [-0.05, 0) is 19.9 Å². The van der Waals surface area contributed by atoms with Crippen LogP contribution in [0.3, 0.4) is 0 Å². The fourth-order valence-corrected chi connectivity index (χ4v) is 1.28. The summed E-state index contributed by atoms with van der Waals surface area (Å²) >= 11 is 0. The first-order valence-electron chi connectivity index (χ1n) is 4.96. The summed E-state index contributed by atoms with van der Waals surface area (Å²) in [6, 6.07) is 1.71. The zero-order valence-corrected chi connectivity index (χ0v) is 9.08. The van der Waals surface area contributed by atoms with Gasteiger partial charge in [-0.2, -0.15) is 4.98 Å². The van der Waals surface area contributed by atoms with Gasteiger partial charge >= 0.3 is 0 Å². The van der Waals surface area contributed by atoms with E-state index in [0.29, 0.717) is 29.7 Å². The van der Waals surface area contributed by atoms with Crippen LogP contribution in [-0.2, 0) is 6.42 Å². The third-order valence-corrected chi connectivity index (χ3v) is 1.94. The predicted octanol–water partition coefficient (Wildman–Crippen LogP) is 0.758. The largest absolute Gasteiger partial charge is 0.393 e. The maximum absolute atomic E-state index is 9.18. The predicted molar refractivity (Wildman–Crippen MR) is 55.4 cm³/mol. The molecule has 0 bridgehead atoms. The van der Waals surface area contributed by atoms with E-state index in [0.717, 1.165) is 0 Å². The summed E-state index contributed by atoms with van der Waals surface area (Å²) in [7, 11) is 0. The second kappa shape index (κ2) is 4.36. The summed E-state index contributed by atoms with van der Waals surface area (Å²) in [5.41, 5.74) is 0.619. The fraction of sp³-hybridized carbons (Fsp3) is 0.400. The quantitative estimate of drug-likeness (QED) is 0.821. The maximum atomic E-state index is 9.18. The number of hydrogen-bond donors (Lipinski definition) is 1. The molecule has 0 fully saturated rings. The van der Waals surface area contributed by atoms with Gasteiger partial charge in [-0.1, -0.05) is 5.16 Å². The van der Waals surface area contributed by atoms with Crippen molar-refractivity contribution in [2.24, 2.45) is 0 Å². The second-order valence-electron chi connectivity index (χ2n) is 3.55.